The molecule has 0 saturated heterocycles. The summed E-state index contributed by atoms with van der Waals surface area (Å²) in [6, 6.07) is 73.0. The summed E-state index contributed by atoms with van der Waals surface area (Å²) in [5.41, 5.74) is 15.9. The number of rotatable bonds is 9. The van der Waals surface area contributed by atoms with E-state index in [4.69, 9.17) is 0 Å². The Bertz CT molecular complexity index is 2280. The molecule has 0 bridgehead atoms. The predicted octanol–water partition coefficient (Wildman–Crippen LogP) is 13.5. The maximum absolute atomic E-state index is 3.83. The Morgan fingerprint density at radius 3 is 1.00 bits per heavy atom. The topological polar surface area (TPSA) is 24.1 Å². The standard InChI is InChI=1S/C48H36N2/c1-6-16-35(17-7-1)41-30-42(36-18-8-2-9-19-36)32-44(31-41)50-48-29-27-40(34-46(48)38-22-12-4-13-23-38)39-26-28-47(49-43-24-14-5-15-25-43)45(33-39)37-20-10-3-11-21-37/h1-34,49-50H. The Morgan fingerprint density at radius 1 is 0.220 bits per heavy atom. The van der Waals surface area contributed by atoms with Crippen molar-refractivity contribution in [3.63, 3.8) is 0 Å². The number of hydrogen-bond donors (Lipinski definition) is 2. The number of anilines is 4. The van der Waals surface area contributed by atoms with Gasteiger partial charge in [-0.2, -0.15) is 0 Å². The molecule has 0 spiro atoms. The fourth-order valence-corrected chi connectivity index (χ4v) is 6.51. The first-order valence-electron chi connectivity index (χ1n) is 17.0. The van der Waals surface area contributed by atoms with Gasteiger partial charge in [0.25, 0.3) is 0 Å². The van der Waals surface area contributed by atoms with E-state index in [0.717, 1.165) is 50.6 Å². The molecule has 2 N–H and O–H groups in total. The smallest absolute Gasteiger partial charge is 0.0464 e. The summed E-state index contributed by atoms with van der Waals surface area (Å²) < 4.78 is 0. The zero-order valence-corrected chi connectivity index (χ0v) is 27.6. The highest BCUT2D eigenvalue weighted by Gasteiger charge is 2.13. The molecule has 8 aromatic carbocycles. The largest absolute Gasteiger partial charge is 0.355 e. The van der Waals surface area contributed by atoms with Crippen LogP contribution in [0.25, 0.3) is 55.6 Å². The maximum atomic E-state index is 3.83. The quantitative estimate of drug-likeness (QED) is 0.164. The molecule has 238 valence electrons. The third-order valence-electron chi connectivity index (χ3n) is 9.02. The number of benzene rings is 8. The van der Waals surface area contributed by atoms with Crippen molar-refractivity contribution < 1.29 is 0 Å². The predicted molar refractivity (Wildman–Crippen MR) is 213 cm³/mol. The van der Waals surface area contributed by atoms with Crippen molar-refractivity contribution in [3.05, 3.63) is 206 Å². The lowest BCUT2D eigenvalue weighted by Gasteiger charge is -2.18. The van der Waals surface area contributed by atoms with Crippen molar-refractivity contribution in [1.29, 1.82) is 0 Å². The average Bonchev–Trinajstić information content (AvgIpc) is 3.20. The second-order valence-corrected chi connectivity index (χ2v) is 12.4. The van der Waals surface area contributed by atoms with E-state index in [1.54, 1.807) is 0 Å². The molecule has 0 amide bonds. The van der Waals surface area contributed by atoms with Crippen LogP contribution in [0.3, 0.4) is 0 Å². The van der Waals surface area contributed by atoms with Gasteiger partial charge in [0.05, 0.1) is 0 Å². The Hall–Kier alpha value is -6.64. The molecule has 0 aliphatic heterocycles. The van der Waals surface area contributed by atoms with Crippen LogP contribution in [0.2, 0.25) is 0 Å². The van der Waals surface area contributed by atoms with Crippen LogP contribution in [0.15, 0.2) is 206 Å². The van der Waals surface area contributed by atoms with E-state index in [1.165, 1.54) is 27.8 Å². The molecule has 2 heteroatoms. The monoisotopic (exact) mass is 640 g/mol. The summed E-state index contributed by atoms with van der Waals surface area (Å²) in [5.74, 6) is 0. The zero-order chi connectivity index (χ0) is 33.5. The minimum Gasteiger partial charge on any atom is -0.355 e. The molecule has 50 heavy (non-hydrogen) atoms. The molecule has 0 fully saturated rings. The first-order valence-corrected chi connectivity index (χ1v) is 17.0. The van der Waals surface area contributed by atoms with Gasteiger partial charge in [-0.15, -0.1) is 0 Å². The van der Waals surface area contributed by atoms with E-state index in [-0.39, 0.29) is 0 Å². The van der Waals surface area contributed by atoms with Crippen LogP contribution in [-0.4, -0.2) is 0 Å². The lowest BCUT2D eigenvalue weighted by Crippen LogP contribution is -1.96. The van der Waals surface area contributed by atoms with Crippen LogP contribution >= 0.6 is 0 Å². The van der Waals surface area contributed by atoms with Crippen LogP contribution < -0.4 is 10.6 Å². The van der Waals surface area contributed by atoms with E-state index in [0.29, 0.717) is 0 Å². The van der Waals surface area contributed by atoms with Crippen LogP contribution in [0.1, 0.15) is 0 Å². The maximum Gasteiger partial charge on any atom is 0.0464 e. The molecule has 2 nitrogen and oxygen atoms in total. The highest BCUT2D eigenvalue weighted by Crippen LogP contribution is 2.39. The third-order valence-corrected chi connectivity index (χ3v) is 9.02. The highest BCUT2D eigenvalue weighted by atomic mass is 14.9. The molecule has 8 aromatic rings. The summed E-state index contributed by atoms with van der Waals surface area (Å²) in [5, 5.41) is 7.48. The van der Waals surface area contributed by atoms with Gasteiger partial charge in [0.2, 0.25) is 0 Å². The second-order valence-electron chi connectivity index (χ2n) is 12.4. The normalized spacial score (nSPS) is 10.8. The summed E-state index contributed by atoms with van der Waals surface area (Å²) in [7, 11) is 0. The van der Waals surface area contributed by atoms with Gasteiger partial charge in [-0.3, -0.25) is 0 Å². The van der Waals surface area contributed by atoms with Gasteiger partial charge in [-0.05, 0) is 99.1 Å². The summed E-state index contributed by atoms with van der Waals surface area (Å²) >= 11 is 0. The van der Waals surface area contributed by atoms with Crippen molar-refractivity contribution in [1.82, 2.24) is 0 Å². The minimum absolute atomic E-state index is 1.04. The first kappa shape index (κ1) is 30.7. The van der Waals surface area contributed by atoms with E-state index in [9.17, 15) is 0 Å². The van der Waals surface area contributed by atoms with E-state index in [1.807, 2.05) is 6.07 Å². The lowest BCUT2D eigenvalue weighted by molar-refractivity contribution is 1.50. The fourth-order valence-electron chi connectivity index (χ4n) is 6.51. The zero-order valence-electron chi connectivity index (χ0n) is 27.6. The van der Waals surface area contributed by atoms with Crippen LogP contribution in [-0.2, 0) is 0 Å². The molecule has 0 heterocycles. The van der Waals surface area contributed by atoms with Gasteiger partial charge in [0.1, 0.15) is 0 Å². The van der Waals surface area contributed by atoms with Crippen LogP contribution in [0.4, 0.5) is 22.7 Å². The van der Waals surface area contributed by atoms with Gasteiger partial charge in [-0.25, -0.2) is 0 Å². The molecule has 0 aromatic heterocycles. The number of hydrogen-bond acceptors (Lipinski definition) is 2. The van der Waals surface area contributed by atoms with Gasteiger partial charge >= 0.3 is 0 Å². The fraction of sp³-hybridized carbons (Fsp3) is 0. The average molecular weight is 641 g/mol. The van der Waals surface area contributed by atoms with Gasteiger partial charge in [0, 0.05) is 33.9 Å². The van der Waals surface area contributed by atoms with Gasteiger partial charge in [0.15, 0.2) is 0 Å². The van der Waals surface area contributed by atoms with Crippen molar-refractivity contribution in [2.45, 2.75) is 0 Å². The Labute approximate surface area is 294 Å². The number of nitrogens with one attached hydrogen (secondary N) is 2. The third kappa shape index (κ3) is 6.82. The van der Waals surface area contributed by atoms with Gasteiger partial charge in [-0.1, -0.05) is 152 Å². The lowest BCUT2D eigenvalue weighted by atomic mass is 9.94. The van der Waals surface area contributed by atoms with Crippen molar-refractivity contribution in [2.24, 2.45) is 0 Å². The first-order chi connectivity index (χ1) is 24.8. The second kappa shape index (κ2) is 14.2. The molecular weight excluding hydrogens is 605 g/mol. The molecule has 0 unspecified atom stereocenters. The van der Waals surface area contributed by atoms with Crippen LogP contribution in [0, 0.1) is 0 Å². The van der Waals surface area contributed by atoms with Crippen molar-refractivity contribution in [2.75, 3.05) is 10.6 Å². The van der Waals surface area contributed by atoms with Crippen LogP contribution in [0.5, 0.6) is 0 Å². The molecular formula is C48H36N2. The molecule has 0 aliphatic rings. The molecule has 8 rings (SSSR count). The van der Waals surface area contributed by atoms with E-state index in [2.05, 4.69) is 211 Å². The highest BCUT2D eigenvalue weighted by molar-refractivity contribution is 5.90. The van der Waals surface area contributed by atoms with Gasteiger partial charge < -0.3 is 10.6 Å². The Kier molecular flexibility index (Phi) is 8.73. The van der Waals surface area contributed by atoms with Crippen molar-refractivity contribution >= 4 is 22.7 Å². The van der Waals surface area contributed by atoms with E-state index < -0.39 is 0 Å². The Morgan fingerprint density at radius 2 is 0.580 bits per heavy atom. The summed E-state index contributed by atoms with van der Waals surface area (Å²) in [6.07, 6.45) is 0. The SMILES string of the molecule is c1ccc(Nc2ccc(-c3ccc(Nc4cc(-c5ccccc5)cc(-c5ccccc5)c4)c(-c4ccccc4)c3)cc2-c2ccccc2)cc1. The summed E-state index contributed by atoms with van der Waals surface area (Å²) in [4.78, 5) is 0. The number of para-hydroxylation sites is 1. The minimum atomic E-state index is 1.04. The Balaban J connectivity index is 1.22. The molecule has 0 aliphatic carbocycles. The molecule has 0 radical (unpaired) electrons. The molecule has 0 saturated carbocycles. The van der Waals surface area contributed by atoms with Crippen molar-refractivity contribution in [3.8, 4) is 55.6 Å². The molecule has 0 atom stereocenters. The van der Waals surface area contributed by atoms with E-state index >= 15 is 0 Å². The summed E-state index contributed by atoms with van der Waals surface area (Å²) in [6.45, 7) is 0.